The highest BCUT2D eigenvalue weighted by molar-refractivity contribution is 7.92. The van der Waals surface area contributed by atoms with E-state index in [0.717, 1.165) is 15.4 Å². The van der Waals surface area contributed by atoms with Crippen LogP contribution in [0.4, 0.5) is 10.1 Å². The second-order valence-corrected chi connectivity index (χ2v) is 13.7. The number of anilines is 1. The Bertz CT molecular complexity index is 1460. The number of amides is 2. The molecule has 1 atom stereocenters. The molecule has 3 aromatic carbocycles. The average Bonchev–Trinajstić information content (AvgIpc) is 2.91. The summed E-state index contributed by atoms with van der Waals surface area (Å²) in [4.78, 5) is 29.0. The van der Waals surface area contributed by atoms with Crippen molar-refractivity contribution in [2.75, 3.05) is 10.8 Å². The predicted octanol–water partition coefficient (Wildman–Crippen LogP) is 6.17. The molecule has 3 aromatic rings. The van der Waals surface area contributed by atoms with E-state index in [1.54, 1.807) is 43.3 Å². The quantitative estimate of drug-likeness (QED) is 0.287. The molecule has 0 aromatic heterocycles. The van der Waals surface area contributed by atoms with Gasteiger partial charge in [0.2, 0.25) is 11.8 Å². The molecule has 3 rings (SSSR count). The van der Waals surface area contributed by atoms with E-state index in [2.05, 4.69) is 5.32 Å². The Labute approximate surface area is 249 Å². The Balaban J connectivity index is 2.08. The fourth-order valence-corrected chi connectivity index (χ4v) is 5.96. The van der Waals surface area contributed by atoms with Gasteiger partial charge in [-0.05, 0) is 87.6 Å². The number of hydrogen-bond acceptors (Lipinski definition) is 4. The van der Waals surface area contributed by atoms with Gasteiger partial charge in [-0.2, -0.15) is 0 Å². The maximum absolute atomic E-state index is 14.1. The lowest BCUT2D eigenvalue weighted by atomic mass is 10.0. The third-order valence-corrected chi connectivity index (χ3v) is 8.67. The molecule has 0 bridgehead atoms. The van der Waals surface area contributed by atoms with E-state index in [4.69, 9.17) is 0 Å². The molecule has 0 heterocycles. The van der Waals surface area contributed by atoms with Gasteiger partial charge < -0.3 is 10.2 Å². The molecule has 42 heavy (non-hydrogen) atoms. The van der Waals surface area contributed by atoms with Crippen molar-refractivity contribution in [2.45, 2.75) is 83.8 Å². The standard InChI is InChI=1S/C33H42FN3O4S/c1-8-30(32(39)35-33(5,6)7)36(21-25-11-15-27(34)16-12-25)31(38)22-37(28-17-13-26(14-18-28)23(2)3)42(40,41)29-19-9-24(4)10-20-29/h9-20,23,30H,8,21-22H2,1-7H3,(H,35,39)/t30-/m0/s1. The zero-order valence-corrected chi connectivity index (χ0v) is 26.3. The Morgan fingerprint density at radius 2 is 1.48 bits per heavy atom. The first kappa shape index (κ1) is 32.8. The number of nitrogens with one attached hydrogen (secondary N) is 1. The van der Waals surface area contributed by atoms with Crippen LogP contribution in [-0.2, 0) is 26.2 Å². The number of aryl methyl sites for hydroxylation is 1. The second-order valence-electron chi connectivity index (χ2n) is 11.9. The zero-order chi connectivity index (χ0) is 31.2. The Morgan fingerprint density at radius 3 is 1.98 bits per heavy atom. The van der Waals surface area contributed by atoms with Crippen LogP contribution in [0.5, 0.6) is 0 Å². The van der Waals surface area contributed by atoms with Crippen LogP contribution >= 0.6 is 0 Å². The van der Waals surface area contributed by atoms with Crippen molar-refractivity contribution in [3.8, 4) is 0 Å². The fraction of sp³-hybridized carbons (Fsp3) is 0.394. The van der Waals surface area contributed by atoms with Crippen LogP contribution in [0.25, 0.3) is 0 Å². The first-order valence-corrected chi connectivity index (χ1v) is 15.6. The summed E-state index contributed by atoms with van der Waals surface area (Å²) in [6.45, 7) is 12.8. The average molecular weight is 596 g/mol. The number of benzene rings is 3. The molecule has 7 nitrogen and oxygen atoms in total. The van der Waals surface area contributed by atoms with E-state index in [-0.39, 0.29) is 23.3 Å². The smallest absolute Gasteiger partial charge is 0.264 e. The number of nitrogens with zero attached hydrogens (tertiary/aromatic N) is 2. The van der Waals surface area contributed by atoms with Gasteiger partial charge in [0.15, 0.2) is 0 Å². The third kappa shape index (κ3) is 8.41. The van der Waals surface area contributed by atoms with E-state index >= 15 is 0 Å². The van der Waals surface area contributed by atoms with Crippen molar-refractivity contribution >= 4 is 27.5 Å². The van der Waals surface area contributed by atoms with Gasteiger partial charge in [0.25, 0.3) is 10.0 Å². The highest BCUT2D eigenvalue weighted by Crippen LogP contribution is 2.27. The van der Waals surface area contributed by atoms with Gasteiger partial charge in [-0.25, -0.2) is 12.8 Å². The number of halogens is 1. The molecule has 0 saturated heterocycles. The Morgan fingerprint density at radius 1 is 0.905 bits per heavy atom. The normalized spacial score (nSPS) is 12.6. The molecular formula is C33H42FN3O4S. The minimum Gasteiger partial charge on any atom is -0.350 e. The van der Waals surface area contributed by atoms with Crippen LogP contribution in [0, 0.1) is 12.7 Å². The van der Waals surface area contributed by atoms with E-state index in [1.807, 2.05) is 53.7 Å². The topological polar surface area (TPSA) is 86.8 Å². The molecule has 0 spiro atoms. The molecule has 1 N–H and O–H groups in total. The number of rotatable bonds is 11. The van der Waals surface area contributed by atoms with Crippen molar-refractivity contribution in [1.82, 2.24) is 10.2 Å². The second kappa shape index (κ2) is 13.5. The minimum absolute atomic E-state index is 0.000110. The molecule has 0 fully saturated rings. The molecule has 0 aliphatic heterocycles. The summed E-state index contributed by atoms with van der Waals surface area (Å²) in [5.41, 5.74) is 2.33. The summed E-state index contributed by atoms with van der Waals surface area (Å²) in [6, 6.07) is 18.4. The van der Waals surface area contributed by atoms with Gasteiger partial charge in [0, 0.05) is 12.1 Å². The predicted molar refractivity (Wildman–Crippen MR) is 165 cm³/mol. The largest absolute Gasteiger partial charge is 0.350 e. The van der Waals surface area contributed by atoms with Crippen LogP contribution in [0.2, 0.25) is 0 Å². The lowest BCUT2D eigenvalue weighted by Crippen LogP contribution is -2.55. The molecular weight excluding hydrogens is 553 g/mol. The van der Waals surface area contributed by atoms with E-state index in [9.17, 15) is 22.4 Å². The number of sulfonamides is 1. The lowest BCUT2D eigenvalue weighted by molar-refractivity contribution is -0.141. The van der Waals surface area contributed by atoms with E-state index in [0.29, 0.717) is 17.7 Å². The van der Waals surface area contributed by atoms with Crippen molar-refractivity contribution in [1.29, 1.82) is 0 Å². The van der Waals surface area contributed by atoms with Gasteiger partial charge in [-0.3, -0.25) is 13.9 Å². The van der Waals surface area contributed by atoms with Gasteiger partial charge in [-0.1, -0.05) is 62.7 Å². The first-order chi connectivity index (χ1) is 19.6. The highest BCUT2D eigenvalue weighted by atomic mass is 32.2. The highest BCUT2D eigenvalue weighted by Gasteiger charge is 2.34. The van der Waals surface area contributed by atoms with Crippen LogP contribution in [-0.4, -0.2) is 43.3 Å². The Hall–Kier alpha value is -3.72. The maximum atomic E-state index is 14.1. The molecule has 2 amide bonds. The molecule has 226 valence electrons. The maximum Gasteiger partial charge on any atom is 0.264 e. The molecule has 0 saturated carbocycles. The monoisotopic (exact) mass is 595 g/mol. The molecule has 0 unspecified atom stereocenters. The van der Waals surface area contributed by atoms with Crippen LogP contribution < -0.4 is 9.62 Å². The number of carbonyl (C=O) groups is 2. The Kier molecular flexibility index (Phi) is 10.5. The summed E-state index contributed by atoms with van der Waals surface area (Å²) in [5, 5.41) is 2.94. The van der Waals surface area contributed by atoms with Crippen LogP contribution in [0.3, 0.4) is 0 Å². The summed E-state index contributed by atoms with van der Waals surface area (Å²) in [6.07, 6.45) is 0.294. The van der Waals surface area contributed by atoms with Crippen molar-refractivity contribution in [3.05, 3.63) is 95.3 Å². The van der Waals surface area contributed by atoms with Gasteiger partial charge >= 0.3 is 0 Å². The summed E-state index contributed by atoms with van der Waals surface area (Å²) in [7, 11) is -4.16. The van der Waals surface area contributed by atoms with Crippen molar-refractivity contribution < 1.29 is 22.4 Å². The zero-order valence-electron chi connectivity index (χ0n) is 25.5. The molecule has 9 heteroatoms. The number of carbonyl (C=O) groups excluding carboxylic acids is 2. The molecule has 0 radical (unpaired) electrons. The third-order valence-electron chi connectivity index (χ3n) is 6.89. The first-order valence-electron chi connectivity index (χ1n) is 14.2. The lowest BCUT2D eigenvalue weighted by Gasteiger charge is -2.34. The SMILES string of the molecule is CC[C@@H](C(=O)NC(C)(C)C)N(Cc1ccc(F)cc1)C(=O)CN(c1ccc(C(C)C)cc1)S(=O)(=O)c1ccc(C)cc1. The van der Waals surface area contributed by atoms with Gasteiger partial charge in [-0.15, -0.1) is 0 Å². The van der Waals surface area contributed by atoms with E-state index in [1.165, 1.54) is 29.2 Å². The summed E-state index contributed by atoms with van der Waals surface area (Å²) >= 11 is 0. The summed E-state index contributed by atoms with van der Waals surface area (Å²) in [5.74, 6) is -1.09. The molecule has 0 aliphatic rings. The van der Waals surface area contributed by atoms with Crippen LogP contribution in [0.15, 0.2) is 77.7 Å². The fourth-order valence-electron chi connectivity index (χ4n) is 4.55. The van der Waals surface area contributed by atoms with Gasteiger partial charge in [0.05, 0.1) is 10.6 Å². The number of hydrogen-bond donors (Lipinski definition) is 1. The van der Waals surface area contributed by atoms with E-state index < -0.39 is 39.9 Å². The van der Waals surface area contributed by atoms with Crippen molar-refractivity contribution in [3.63, 3.8) is 0 Å². The minimum atomic E-state index is -4.16. The summed E-state index contributed by atoms with van der Waals surface area (Å²) < 4.78 is 42.8. The van der Waals surface area contributed by atoms with Crippen LogP contribution in [0.1, 0.15) is 70.6 Å². The van der Waals surface area contributed by atoms with Gasteiger partial charge in [0.1, 0.15) is 18.4 Å². The van der Waals surface area contributed by atoms with Crippen molar-refractivity contribution in [2.24, 2.45) is 0 Å². The molecule has 0 aliphatic carbocycles.